The molecule has 2 heterocycles. The Balaban J connectivity index is 1.34. The van der Waals surface area contributed by atoms with Gasteiger partial charge in [-0.2, -0.15) is 0 Å². The zero-order chi connectivity index (χ0) is 19.3. The number of ether oxygens (including phenoxy) is 1. The summed E-state index contributed by atoms with van der Waals surface area (Å²) in [6, 6.07) is 10.1. The third kappa shape index (κ3) is 5.87. The maximum atomic E-state index is 12.2. The van der Waals surface area contributed by atoms with Gasteiger partial charge in [-0.15, -0.1) is 11.8 Å². The summed E-state index contributed by atoms with van der Waals surface area (Å²) in [5.41, 5.74) is 1.14. The first kappa shape index (κ1) is 20.0. The minimum absolute atomic E-state index is 0.0516. The molecule has 2 aliphatic heterocycles. The average molecular weight is 413 g/mol. The molecule has 2 fully saturated rings. The highest BCUT2D eigenvalue weighted by molar-refractivity contribution is 8.02. The largest absolute Gasteiger partial charge is 0.455 e. The maximum absolute atomic E-state index is 12.2. The summed E-state index contributed by atoms with van der Waals surface area (Å²) in [5.74, 6) is -0.275. The smallest absolute Gasteiger partial charge is 0.316 e. The van der Waals surface area contributed by atoms with E-state index in [0.29, 0.717) is 19.5 Å². The number of thioether (sulfide) groups is 1. The van der Waals surface area contributed by atoms with Crippen molar-refractivity contribution in [3.8, 4) is 0 Å². The first-order chi connectivity index (χ1) is 12.9. The van der Waals surface area contributed by atoms with Gasteiger partial charge in [-0.3, -0.25) is 9.59 Å². The Morgan fingerprint density at radius 2 is 1.81 bits per heavy atom. The number of piperazine rings is 1. The second-order valence-corrected chi connectivity index (χ2v) is 10.2. The normalized spacial score (nSPS) is 21.9. The molecule has 0 N–H and O–H groups in total. The molecule has 1 amide bonds. The third-order valence-corrected chi connectivity index (χ3v) is 7.99. The van der Waals surface area contributed by atoms with Gasteiger partial charge in [0.1, 0.15) is 0 Å². The van der Waals surface area contributed by atoms with E-state index in [4.69, 9.17) is 4.74 Å². The van der Waals surface area contributed by atoms with Gasteiger partial charge in [0.05, 0.1) is 17.3 Å². The highest BCUT2D eigenvalue weighted by Crippen LogP contribution is 2.24. The summed E-state index contributed by atoms with van der Waals surface area (Å²) in [6.45, 7) is 2.43. The average Bonchev–Trinajstić information content (AvgIpc) is 3.04. The van der Waals surface area contributed by atoms with E-state index < -0.39 is 15.8 Å². The Bertz CT molecular complexity index is 761. The fourth-order valence-corrected chi connectivity index (χ4v) is 6.65. The van der Waals surface area contributed by atoms with Crippen molar-refractivity contribution in [2.24, 2.45) is 0 Å². The van der Waals surface area contributed by atoms with Gasteiger partial charge in [0, 0.05) is 37.1 Å². The van der Waals surface area contributed by atoms with Crippen molar-refractivity contribution in [3.05, 3.63) is 30.3 Å². The minimum atomic E-state index is -2.95. The molecule has 27 heavy (non-hydrogen) atoms. The predicted octanol–water partition coefficient (Wildman–Crippen LogP) is 0.799. The van der Waals surface area contributed by atoms with Crippen molar-refractivity contribution in [1.82, 2.24) is 4.90 Å². The number of nitrogens with zero attached hydrogens (tertiary/aromatic N) is 2. The molecule has 1 atom stereocenters. The van der Waals surface area contributed by atoms with E-state index in [1.54, 1.807) is 4.90 Å². The van der Waals surface area contributed by atoms with E-state index in [2.05, 4.69) is 4.90 Å². The Morgan fingerprint density at radius 1 is 1.11 bits per heavy atom. The van der Waals surface area contributed by atoms with Crippen LogP contribution >= 0.6 is 11.8 Å². The standard InChI is InChI=1S/C18H24N2O5S2/c21-17(12-25-18(22)13-26-16-6-11-27(23,24)14-16)20-9-7-19(8-10-20)15-4-2-1-3-5-15/h1-5,16H,6-14H2/t16-/m1/s1. The highest BCUT2D eigenvalue weighted by atomic mass is 32.2. The van der Waals surface area contributed by atoms with Gasteiger partial charge in [-0.25, -0.2) is 8.42 Å². The van der Waals surface area contributed by atoms with Crippen molar-refractivity contribution in [2.45, 2.75) is 11.7 Å². The summed E-state index contributed by atoms with van der Waals surface area (Å²) in [7, 11) is -2.95. The fourth-order valence-electron chi connectivity index (χ4n) is 3.21. The number of benzene rings is 1. The lowest BCUT2D eigenvalue weighted by molar-refractivity contribution is -0.150. The van der Waals surface area contributed by atoms with Crippen molar-refractivity contribution >= 4 is 39.2 Å². The molecule has 3 rings (SSSR count). The van der Waals surface area contributed by atoms with Crippen molar-refractivity contribution in [3.63, 3.8) is 0 Å². The van der Waals surface area contributed by atoms with Crippen LogP contribution in [0.5, 0.6) is 0 Å². The summed E-state index contributed by atoms with van der Waals surface area (Å²) in [5, 5.41) is -0.0516. The molecule has 0 unspecified atom stereocenters. The molecule has 7 nitrogen and oxygen atoms in total. The quantitative estimate of drug-likeness (QED) is 0.639. The number of esters is 1. The lowest BCUT2D eigenvalue weighted by Gasteiger charge is -2.36. The number of hydrogen-bond donors (Lipinski definition) is 0. The van der Waals surface area contributed by atoms with E-state index in [-0.39, 0.29) is 35.0 Å². The van der Waals surface area contributed by atoms with Gasteiger partial charge in [0.15, 0.2) is 16.4 Å². The van der Waals surface area contributed by atoms with E-state index in [0.717, 1.165) is 18.8 Å². The molecule has 2 aliphatic rings. The Morgan fingerprint density at radius 3 is 2.44 bits per heavy atom. The summed E-state index contributed by atoms with van der Waals surface area (Å²) in [4.78, 5) is 28.0. The van der Waals surface area contributed by atoms with Crippen LogP contribution in [0.1, 0.15) is 6.42 Å². The number of rotatable bonds is 6. The molecule has 9 heteroatoms. The number of para-hydroxylation sites is 1. The Kier molecular flexibility index (Phi) is 6.64. The minimum Gasteiger partial charge on any atom is -0.455 e. The van der Waals surface area contributed by atoms with Gasteiger partial charge in [-0.05, 0) is 18.6 Å². The zero-order valence-electron chi connectivity index (χ0n) is 15.1. The summed E-state index contributed by atoms with van der Waals surface area (Å²) < 4.78 is 27.9. The molecule has 148 valence electrons. The van der Waals surface area contributed by atoms with Gasteiger partial charge in [-0.1, -0.05) is 18.2 Å². The van der Waals surface area contributed by atoms with Crippen LogP contribution in [0.25, 0.3) is 0 Å². The molecular weight excluding hydrogens is 388 g/mol. The number of sulfone groups is 1. The molecular formula is C18H24N2O5S2. The predicted molar refractivity (Wildman–Crippen MR) is 106 cm³/mol. The second kappa shape index (κ2) is 8.97. The molecule has 0 aliphatic carbocycles. The van der Waals surface area contributed by atoms with E-state index >= 15 is 0 Å². The molecule has 1 aromatic rings. The second-order valence-electron chi connectivity index (χ2n) is 6.70. The van der Waals surface area contributed by atoms with E-state index in [9.17, 15) is 18.0 Å². The van der Waals surface area contributed by atoms with Crippen molar-refractivity contribution in [2.75, 3.05) is 54.9 Å². The summed E-state index contributed by atoms with van der Waals surface area (Å²) in [6.07, 6.45) is 0.574. The van der Waals surface area contributed by atoms with Crippen molar-refractivity contribution < 1.29 is 22.7 Å². The van der Waals surface area contributed by atoms with Crippen LogP contribution in [0.15, 0.2) is 30.3 Å². The van der Waals surface area contributed by atoms with Crippen LogP contribution in [0.2, 0.25) is 0 Å². The maximum Gasteiger partial charge on any atom is 0.316 e. The first-order valence-electron chi connectivity index (χ1n) is 8.98. The van der Waals surface area contributed by atoms with Gasteiger partial charge < -0.3 is 14.5 Å². The zero-order valence-corrected chi connectivity index (χ0v) is 16.7. The van der Waals surface area contributed by atoms with E-state index in [1.165, 1.54) is 11.8 Å². The Labute approximate surface area is 164 Å². The fraction of sp³-hybridized carbons (Fsp3) is 0.556. The van der Waals surface area contributed by atoms with Crippen molar-refractivity contribution in [1.29, 1.82) is 0 Å². The summed E-state index contributed by atoms with van der Waals surface area (Å²) >= 11 is 1.29. The van der Waals surface area contributed by atoms with Crippen LogP contribution < -0.4 is 4.90 Å². The lowest BCUT2D eigenvalue weighted by Crippen LogP contribution is -2.50. The highest BCUT2D eigenvalue weighted by Gasteiger charge is 2.29. The molecule has 0 aromatic heterocycles. The lowest BCUT2D eigenvalue weighted by atomic mass is 10.2. The SMILES string of the molecule is O=C(CS[C@@H]1CCS(=O)(=O)C1)OCC(=O)N1CCN(c2ccccc2)CC1. The molecule has 0 spiro atoms. The molecule has 0 bridgehead atoms. The van der Waals surface area contributed by atoms with Gasteiger partial charge >= 0.3 is 5.97 Å². The molecule has 0 saturated carbocycles. The van der Waals surface area contributed by atoms with Crippen LogP contribution in [0.4, 0.5) is 5.69 Å². The van der Waals surface area contributed by atoms with Crippen LogP contribution in [0, 0.1) is 0 Å². The number of carbonyl (C=O) groups excluding carboxylic acids is 2. The van der Waals surface area contributed by atoms with Gasteiger partial charge in [0.25, 0.3) is 5.91 Å². The third-order valence-electron chi connectivity index (χ3n) is 4.74. The van der Waals surface area contributed by atoms with Gasteiger partial charge in [0.2, 0.25) is 0 Å². The number of carbonyl (C=O) groups is 2. The molecule has 0 radical (unpaired) electrons. The number of hydrogen-bond acceptors (Lipinski definition) is 7. The number of anilines is 1. The Hall–Kier alpha value is -1.74. The van der Waals surface area contributed by atoms with Crippen LogP contribution in [0.3, 0.4) is 0 Å². The number of amides is 1. The molecule has 1 aromatic carbocycles. The van der Waals surface area contributed by atoms with Crippen LogP contribution in [-0.4, -0.2) is 80.5 Å². The van der Waals surface area contributed by atoms with Crippen LogP contribution in [-0.2, 0) is 24.2 Å². The van der Waals surface area contributed by atoms with E-state index in [1.807, 2.05) is 30.3 Å². The topological polar surface area (TPSA) is 84.0 Å². The monoisotopic (exact) mass is 412 g/mol. The first-order valence-corrected chi connectivity index (χ1v) is 11.9. The molecule has 2 saturated heterocycles.